The summed E-state index contributed by atoms with van der Waals surface area (Å²) in [5.41, 5.74) is 7.33. The number of nitrogen functional groups attached to an aromatic ring is 1. The van der Waals surface area contributed by atoms with Crippen LogP contribution in [0.5, 0.6) is 5.75 Å². The number of methoxy groups -OCH3 is 1. The minimum Gasteiger partial charge on any atom is -0.497 e. The Kier molecular flexibility index (Phi) is 2.62. The first kappa shape index (κ1) is 9.64. The van der Waals surface area contributed by atoms with Crippen LogP contribution < -0.4 is 21.1 Å². The zero-order valence-corrected chi connectivity index (χ0v) is 8.58. The van der Waals surface area contributed by atoms with E-state index in [1.807, 2.05) is 12.1 Å². The van der Waals surface area contributed by atoms with Crippen LogP contribution >= 0.6 is 0 Å². The van der Waals surface area contributed by atoms with Crippen LogP contribution in [0.1, 0.15) is 0 Å². The molecule has 0 saturated carbocycles. The maximum Gasteiger partial charge on any atom is 0.195 e. The van der Waals surface area contributed by atoms with Crippen molar-refractivity contribution in [2.75, 3.05) is 31.2 Å². The monoisotopic (exact) mass is 206 g/mol. The van der Waals surface area contributed by atoms with E-state index in [1.165, 1.54) is 0 Å². The Morgan fingerprint density at radius 2 is 2.40 bits per heavy atom. The molecular formula is C10H14N4O. The van der Waals surface area contributed by atoms with Crippen LogP contribution in [0.4, 0.5) is 11.4 Å². The third-order valence-electron chi connectivity index (χ3n) is 2.19. The van der Waals surface area contributed by atoms with Crippen LogP contribution in [-0.4, -0.2) is 26.2 Å². The first-order valence-corrected chi connectivity index (χ1v) is 4.78. The van der Waals surface area contributed by atoms with Gasteiger partial charge in [-0.05, 0) is 12.1 Å². The number of nitrogens with one attached hydrogen (secondary N) is 2. The molecule has 80 valence electrons. The molecule has 1 aliphatic rings. The molecule has 0 atom stereocenters. The summed E-state index contributed by atoms with van der Waals surface area (Å²) in [4.78, 5) is 4.22. The summed E-state index contributed by atoms with van der Waals surface area (Å²) in [6, 6.07) is 5.50. The molecular weight excluding hydrogens is 192 g/mol. The maximum atomic E-state index is 5.85. The molecule has 15 heavy (non-hydrogen) atoms. The molecule has 1 heterocycles. The Hall–Kier alpha value is -1.91. The number of rotatable bonds is 2. The van der Waals surface area contributed by atoms with E-state index < -0.39 is 0 Å². The lowest BCUT2D eigenvalue weighted by Crippen LogP contribution is -2.26. The largest absolute Gasteiger partial charge is 0.497 e. The van der Waals surface area contributed by atoms with Crippen LogP contribution in [0.25, 0.3) is 0 Å². The summed E-state index contributed by atoms with van der Waals surface area (Å²) >= 11 is 0. The molecule has 1 aromatic rings. The molecule has 5 nitrogen and oxygen atoms in total. The van der Waals surface area contributed by atoms with Gasteiger partial charge < -0.3 is 21.1 Å². The van der Waals surface area contributed by atoms with Crippen LogP contribution in [0.2, 0.25) is 0 Å². The van der Waals surface area contributed by atoms with Gasteiger partial charge in [0.15, 0.2) is 5.96 Å². The van der Waals surface area contributed by atoms with E-state index in [0.717, 1.165) is 30.5 Å². The number of nitrogens with two attached hydrogens (primary N) is 1. The van der Waals surface area contributed by atoms with Gasteiger partial charge in [-0.2, -0.15) is 0 Å². The number of aliphatic imine (C=N–C) groups is 1. The molecule has 0 bridgehead atoms. The molecule has 0 amide bonds. The van der Waals surface area contributed by atoms with Crippen LogP contribution in [0, 0.1) is 0 Å². The third-order valence-corrected chi connectivity index (χ3v) is 2.19. The van der Waals surface area contributed by atoms with Crippen molar-refractivity contribution in [3.05, 3.63) is 18.2 Å². The van der Waals surface area contributed by atoms with Gasteiger partial charge in [0.05, 0.1) is 25.0 Å². The van der Waals surface area contributed by atoms with Gasteiger partial charge in [-0.3, -0.25) is 4.99 Å². The fourth-order valence-corrected chi connectivity index (χ4v) is 1.39. The lowest BCUT2D eigenvalue weighted by molar-refractivity contribution is 0.415. The first-order valence-electron chi connectivity index (χ1n) is 4.78. The summed E-state index contributed by atoms with van der Waals surface area (Å²) < 4.78 is 5.07. The van der Waals surface area contributed by atoms with Crippen LogP contribution in [0.3, 0.4) is 0 Å². The second kappa shape index (κ2) is 4.08. The predicted molar refractivity (Wildman–Crippen MR) is 61.3 cm³/mol. The Morgan fingerprint density at radius 3 is 3.00 bits per heavy atom. The highest BCUT2D eigenvalue weighted by atomic mass is 16.5. The lowest BCUT2D eigenvalue weighted by atomic mass is 10.2. The van der Waals surface area contributed by atoms with Crippen molar-refractivity contribution in [3.8, 4) is 5.75 Å². The summed E-state index contributed by atoms with van der Waals surface area (Å²) in [7, 11) is 1.62. The van der Waals surface area contributed by atoms with Gasteiger partial charge >= 0.3 is 0 Å². The molecule has 1 aromatic carbocycles. The van der Waals surface area contributed by atoms with Gasteiger partial charge in [0.1, 0.15) is 5.75 Å². The summed E-state index contributed by atoms with van der Waals surface area (Å²) in [6.07, 6.45) is 0. The van der Waals surface area contributed by atoms with E-state index in [4.69, 9.17) is 10.5 Å². The minimum atomic E-state index is 0.644. The van der Waals surface area contributed by atoms with Crippen molar-refractivity contribution >= 4 is 17.3 Å². The topological polar surface area (TPSA) is 71.7 Å². The highest BCUT2D eigenvalue weighted by Gasteiger charge is 2.07. The molecule has 0 unspecified atom stereocenters. The normalized spacial score (nSPS) is 14.3. The van der Waals surface area contributed by atoms with Gasteiger partial charge in [-0.15, -0.1) is 0 Å². The van der Waals surface area contributed by atoms with Gasteiger partial charge in [-0.1, -0.05) is 0 Å². The van der Waals surface area contributed by atoms with Gasteiger partial charge in [0.2, 0.25) is 0 Å². The van der Waals surface area contributed by atoms with Crippen molar-refractivity contribution < 1.29 is 4.74 Å². The molecule has 2 rings (SSSR count). The standard InChI is InChI=1S/C10H14N4O/c1-15-7-2-3-9(8(11)6-7)14-10-12-4-5-13-10/h2-3,6H,4-5,11H2,1H3,(H2,12,13,14). The highest BCUT2D eigenvalue weighted by molar-refractivity contribution is 5.97. The molecule has 4 N–H and O–H groups in total. The van der Waals surface area contributed by atoms with Crippen molar-refractivity contribution in [1.82, 2.24) is 5.32 Å². The second-order valence-corrected chi connectivity index (χ2v) is 3.24. The fourth-order valence-electron chi connectivity index (χ4n) is 1.39. The zero-order chi connectivity index (χ0) is 10.7. The number of hydrogen-bond donors (Lipinski definition) is 3. The van der Waals surface area contributed by atoms with Gasteiger partial charge in [0.25, 0.3) is 0 Å². The molecule has 5 heteroatoms. The minimum absolute atomic E-state index is 0.644. The van der Waals surface area contributed by atoms with Crippen LogP contribution in [-0.2, 0) is 0 Å². The second-order valence-electron chi connectivity index (χ2n) is 3.24. The molecule has 0 aliphatic carbocycles. The van der Waals surface area contributed by atoms with Crippen molar-refractivity contribution in [2.45, 2.75) is 0 Å². The van der Waals surface area contributed by atoms with E-state index in [1.54, 1.807) is 13.2 Å². The highest BCUT2D eigenvalue weighted by Crippen LogP contribution is 2.23. The first-order chi connectivity index (χ1) is 7.29. The summed E-state index contributed by atoms with van der Waals surface area (Å²) in [6.45, 7) is 1.68. The van der Waals surface area contributed by atoms with Gasteiger partial charge in [0, 0.05) is 12.6 Å². The molecule has 1 aliphatic heterocycles. The number of guanidine groups is 1. The average Bonchev–Trinajstić information content (AvgIpc) is 2.74. The van der Waals surface area contributed by atoms with Crippen molar-refractivity contribution in [2.24, 2.45) is 4.99 Å². The van der Waals surface area contributed by atoms with Crippen molar-refractivity contribution in [1.29, 1.82) is 0 Å². The van der Waals surface area contributed by atoms with Gasteiger partial charge in [-0.25, -0.2) is 0 Å². The number of benzene rings is 1. The molecule has 0 fully saturated rings. The van der Waals surface area contributed by atoms with E-state index in [-0.39, 0.29) is 0 Å². The average molecular weight is 206 g/mol. The SMILES string of the molecule is COc1ccc(NC2=NCCN2)c(N)c1. The van der Waals surface area contributed by atoms with Crippen LogP contribution in [0.15, 0.2) is 23.2 Å². The zero-order valence-electron chi connectivity index (χ0n) is 8.58. The number of ether oxygens (including phenoxy) is 1. The third kappa shape index (κ3) is 2.12. The molecule has 0 aromatic heterocycles. The Bertz CT molecular complexity index is 389. The number of anilines is 2. The molecule has 0 radical (unpaired) electrons. The molecule has 0 spiro atoms. The van der Waals surface area contributed by atoms with E-state index in [0.29, 0.717) is 5.69 Å². The van der Waals surface area contributed by atoms with Crippen molar-refractivity contribution in [3.63, 3.8) is 0 Å². The Balaban J connectivity index is 2.14. The summed E-state index contributed by atoms with van der Waals surface area (Å²) in [5.74, 6) is 1.52. The molecule has 0 saturated heterocycles. The van der Waals surface area contributed by atoms with E-state index in [2.05, 4.69) is 15.6 Å². The predicted octanol–water partition coefficient (Wildman–Crippen LogP) is 0.648. The summed E-state index contributed by atoms with van der Waals surface area (Å²) in [5, 5.41) is 6.23. The quantitative estimate of drug-likeness (QED) is 0.621. The lowest BCUT2D eigenvalue weighted by Gasteiger charge is -2.10. The van der Waals surface area contributed by atoms with E-state index in [9.17, 15) is 0 Å². The number of hydrogen-bond acceptors (Lipinski definition) is 5. The van der Waals surface area contributed by atoms with E-state index >= 15 is 0 Å². The Morgan fingerprint density at radius 1 is 1.53 bits per heavy atom. The number of nitrogens with zero attached hydrogens (tertiary/aromatic N) is 1. The fraction of sp³-hybridized carbons (Fsp3) is 0.300. The smallest absolute Gasteiger partial charge is 0.195 e. The maximum absolute atomic E-state index is 5.85. The Labute approximate surface area is 88.3 Å².